The summed E-state index contributed by atoms with van der Waals surface area (Å²) in [5.74, 6) is 1.12. The predicted molar refractivity (Wildman–Crippen MR) is 76.6 cm³/mol. The van der Waals surface area contributed by atoms with Crippen molar-refractivity contribution in [2.75, 3.05) is 25.3 Å². The van der Waals surface area contributed by atoms with Crippen LogP contribution in [0.3, 0.4) is 0 Å². The molecule has 20 heavy (non-hydrogen) atoms. The zero-order valence-electron chi connectivity index (χ0n) is 11.3. The lowest BCUT2D eigenvalue weighted by Gasteiger charge is -2.11. The van der Waals surface area contributed by atoms with Crippen molar-refractivity contribution >= 4 is 28.3 Å². The molecule has 3 N–H and O–H groups in total. The van der Waals surface area contributed by atoms with E-state index in [0.29, 0.717) is 28.1 Å². The van der Waals surface area contributed by atoms with Crippen molar-refractivity contribution in [3.05, 3.63) is 23.5 Å². The summed E-state index contributed by atoms with van der Waals surface area (Å²) in [7, 11) is 2.99. The third-order valence-electron chi connectivity index (χ3n) is 2.55. The van der Waals surface area contributed by atoms with E-state index in [0.717, 1.165) is 11.5 Å². The molecule has 106 valence electrons. The number of rotatable bonds is 4. The van der Waals surface area contributed by atoms with E-state index in [1.54, 1.807) is 13.0 Å². The van der Waals surface area contributed by atoms with Crippen LogP contribution in [0.2, 0.25) is 0 Å². The summed E-state index contributed by atoms with van der Waals surface area (Å²) in [5, 5.41) is 3.06. The maximum Gasteiger partial charge on any atom is 0.259 e. The third-order valence-corrected chi connectivity index (χ3v) is 3.27. The SMILES string of the molecule is COc1cc(N)c(C(=O)Nc2nc(C)ns2)cc1OC. The molecule has 0 aliphatic heterocycles. The molecule has 0 unspecified atom stereocenters. The van der Waals surface area contributed by atoms with Crippen LogP contribution < -0.4 is 20.5 Å². The quantitative estimate of drug-likeness (QED) is 0.833. The maximum atomic E-state index is 12.2. The number of carbonyl (C=O) groups is 1. The van der Waals surface area contributed by atoms with Crippen LogP contribution in [0.4, 0.5) is 10.8 Å². The van der Waals surface area contributed by atoms with Crippen LogP contribution in [0, 0.1) is 6.92 Å². The molecule has 7 nitrogen and oxygen atoms in total. The molecule has 2 aromatic rings. The molecule has 1 heterocycles. The number of carbonyl (C=O) groups excluding carboxylic acids is 1. The summed E-state index contributed by atoms with van der Waals surface area (Å²) in [5.41, 5.74) is 6.43. The van der Waals surface area contributed by atoms with Gasteiger partial charge in [0.1, 0.15) is 5.82 Å². The number of amides is 1. The number of nitrogens with zero attached hydrogens (tertiary/aromatic N) is 2. The van der Waals surface area contributed by atoms with E-state index in [2.05, 4.69) is 14.7 Å². The molecule has 8 heteroatoms. The van der Waals surface area contributed by atoms with Crippen LogP contribution in [0.1, 0.15) is 16.2 Å². The second kappa shape index (κ2) is 5.74. The van der Waals surface area contributed by atoms with E-state index < -0.39 is 0 Å². The van der Waals surface area contributed by atoms with Crippen molar-refractivity contribution in [2.45, 2.75) is 6.92 Å². The van der Waals surface area contributed by atoms with Gasteiger partial charge in [0.2, 0.25) is 5.13 Å². The minimum Gasteiger partial charge on any atom is -0.493 e. The summed E-state index contributed by atoms with van der Waals surface area (Å²) in [4.78, 5) is 16.2. The largest absolute Gasteiger partial charge is 0.493 e. The number of aromatic nitrogens is 2. The van der Waals surface area contributed by atoms with Crippen LogP contribution in [0.15, 0.2) is 12.1 Å². The number of benzene rings is 1. The molecular formula is C12H14N4O3S. The molecular weight excluding hydrogens is 280 g/mol. The van der Waals surface area contributed by atoms with Gasteiger partial charge in [-0.1, -0.05) is 0 Å². The number of hydrogen-bond donors (Lipinski definition) is 2. The van der Waals surface area contributed by atoms with E-state index in [4.69, 9.17) is 15.2 Å². The number of aryl methyl sites for hydroxylation is 1. The summed E-state index contributed by atoms with van der Waals surface area (Å²) >= 11 is 1.11. The van der Waals surface area contributed by atoms with Gasteiger partial charge >= 0.3 is 0 Å². The topological polar surface area (TPSA) is 99.4 Å². The first kappa shape index (κ1) is 14.1. The van der Waals surface area contributed by atoms with E-state index in [9.17, 15) is 4.79 Å². The second-order valence-electron chi connectivity index (χ2n) is 3.90. The second-order valence-corrected chi connectivity index (χ2v) is 4.65. The van der Waals surface area contributed by atoms with Gasteiger partial charge in [-0.05, 0) is 13.0 Å². The summed E-state index contributed by atoms with van der Waals surface area (Å²) in [6.45, 7) is 1.75. The maximum absolute atomic E-state index is 12.2. The molecule has 0 atom stereocenters. The van der Waals surface area contributed by atoms with Gasteiger partial charge in [-0.3, -0.25) is 10.1 Å². The van der Waals surface area contributed by atoms with Crippen LogP contribution in [0.25, 0.3) is 0 Å². The normalized spacial score (nSPS) is 10.2. The highest BCUT2D eigenvalue weighted by Crippen LogP contribution is 2.32. The van der Waals surface area contributed by atoms with Gasteiger partial charge in [0.25, 0.3) is 5.91 Å². The van der Waals surface area contributed by atoms with E-state index in [-0.39, 0.29) is 11.5 Å². The molecule has 1 aromatic heterocycles. The van der Waals surface area contributed by atoms with Crippen LogP contribution in [-0.2, 0) is 0 Å². The molecule has 2 rings (SSSR count). The van der Waals surface area contributed by atoms with Crippen LogP contribution in [-0.4, -0.2) is 29.5 Å². The van der Waals surface area contributed by atoms with Crippen LogP contribution >= 0.6 is 11.5 Å². The van der Waals surface area contributed by atoms with E-state index in [1.807, 2.05) is 0 Å². The number of methoxy groups -OCH3 is 2. The first-order valence-corrected chi connectivity index (χ1v) is 6.45. The number of anilines is 2. The van der Waals surface area contributed by atoms with Crippen molar-refractivity contribution in [2.24, 2.45) is 0 Å². The summed E-state index contributed by atoms with van der Waals surface area (Å²) in [6.07, 6.45) is 0. The number of hydrogen-bond acceptors (Lipinski definition) is 7. The Morgan fingerprint density at radius 2 is 1.95 bits per heavy atom. The van der Waals surface area contributed by atoms with Crippen molar-refractivity contribution in [3.8, 4) is 11.5 Å². The fraction of sp³-hybridized carbons (Fsp3) is 0.250. The molecule has 0 saturated heterocycles. The molecule has 0 bridgehead atoms. The fourth-order valence-corrected chi connectivity index (χ4v) is 2.17. The van der Waals surface area contributed by atoms with Gasteiger partial charge < -0.3 is 15.2 Å². The highest BCUT2D eigenvalue weighted by atomic mass is 32.1. The first-order valence-electron chi connectivity index (χ1n) is 5.68. The zero-order valence-corrected chi connectivity index (χ0v) is 12.1. The average molecular weight is 294 g/mol. The Morgan fingerprint density at radius 3 is 2.50 bits per heavy atom. The first-order chi connectivity index (χ1) is 9.55. The van der Waals surface area contributed by atoms with Crippen molar-refractivity contribution in [1.29, 1.82) is 0 Å². The molecule has 1 amide bonds. The number of nitrogen functional groups attached to an aromatic ring is 1. The fourth-order valence-electron chi connectivity index (χ4n) is 1.60. The standard InChI is InChI=1S/C12H14N4O3S/c1-6-14-12(20-16-6)15-11(17)7-4-9(18-2)10(19-3)5-8(7)13/h4-5H,13H2,1-3H3,(H,14,15,16,17). The van der Waals surface area contributed by atoms with Gasteiger partial charge in [0, 0.05) is 23.3 Å². The van der Waals surface area contributed by atoms with Crippen LogP contribution in [0.5, 0.6) is 11.5 Å². The Morgan fingerprint density at radius 1 is 1.30 bits per heavy atom. The van der Waals surface area contributed by atoms with E-state index in [1.165, 1.54) is 20.3 Å². The Hall–Kier alpha value is -2.35. The molecule has 0 aliphatic rings. The smallest absolute Gasteiger partial charge is 0.259 e. The molecule has 0 fully saturated rings. The number of nitrogens with two attached hydrogens (primary N) is 1. The van der Waals surface area contributed by atoms with Crippen molar-refractivity contribution < 1.29 is 14.3 Å². The monoisotopic (exact) mass is 294 g/mol. The lowest BCUT2D eigenvalue weighted by Crippen LogP contribution is -2.14. The van der Waals surface area contributed by atoms with Gasteiger partial charge in [-0.25, -0.2) is 4.98 Å². The Balaban J connectivity index is 2.29. The molecule has 0 radical (unpaired) electrons. The Bertz CT molecular complexity index is 642. The van der Waals surface area contributed by atoms with Crippen molar-refractivity contribution in [1.82, 2.24) is 9.36 Å². The Labute approximate surface area is 119 Å². The van der Waals surface area contributed by atoms with Crippen molar-refractivity contribution in [3.63, 3.8) is 0 Å². The molecule has 1 aromatic carbocycles. The van der Waals surface area contributed by atoms with Gasteiger partial charge in [0.15, 0.2) is 11.5 Å². The lowest BCUT2D eigenvalue weighted by molar-refractivity contribution is 0.102. The summed E-state index contributed by atoms with van der Waals surface area (Å²) in [6, 6.07) is 3.07. The molecule has 0 saturated carbocycles. The lowest BCUT2D eigenvalue weighted by atomic mass is 10.1. The molecule has 0 spiro atoms. The minimum absolute atomic E-state index is 0.288. The minimum atomic E-state index is -0.375. The number of ether oxygens (including phenoxy) is 2. The molecule has 0 aliphatic carbocycles. The average Bonchev–Trinajstić information content (AvgIpc) is 2.83. The third kappa shape index (κ3) is 2.80. The number of nitrogens with one attached hydrogen (secondary N) is 1. The van der Waals surface area contributed by atoms with Gasteiger partial charge in [-0.15, -0.1) is 0 Å². The van der Waals surface area contributed by atoms with Gasteiger partial charge in [-0.2, -0.15) is 4.37 Å². The summed E-state index contributed by atoms with van der Waals surface area (Å²) < 4.78 is 14.3. The zero-order chi connectivity index (χ0) is 14.7. The highest BCUT2D eigenvalue weighted by Gasteiger charge is 2.16. The van der Waals surface area contributed by atoms with Gasteiger partial charge in [0.05, 0.1) is 19.8 Å². The van der Waals surface area contributed by atoms with E-state index >= 15 is 0 Å². The predicted octanol–water partition coefficient (Wildman–Crippen LogP) is 1.70. The highest BCUT2D eigenvalue weighted by molar-refractivity contribution is 7.09. The Kier molecular flexibility index (Phi) is 4.04.